The number of nitro benzene ring substituents is 1. The molecule has 0 aliphatic heterocycles. The highest BCUT2D eigenvalue weighted by molar-refractivity contribution is 5.92. The lowest BCUT2D eigenvalue weighted by molar-refractivity contribution is -0.384. The summed E-state index contributed by atoms with van der Waals surface area (Å²) in [6, 6.07) is 3.32. The Bertz CT molecular complexity index is 585. The molecule has 8 heteroatoms. The summed E-state index contributed by atoms with van der Waals surface area (Å²) in [5, 5.41) is 31.6. The van der Waals surface area contributed by atoms with E-state index >= 15 is 0 Å². The molecule has 0 heterocycles. The van der Waals surface area contributed by atoms with E-state index in [4.69, 9.17) is 5.11 Å². The summed E-state index contributed by atoms with van der Waals surface area (Å²) >= 11 is 0. The highest BCUT2D eigenvalue weighted by Gasteiger charge is 2.22. The molecule has 0 fully saturated rings. The number of carboxylic acids is 1. The number of amides is 1. The van der Waals surface area contributed by atoms with Gasteiger partial charge in [-0.3, -0.25) is 19.7 Å². The molecule has 0 saturated heterocycles. The van der Waals surface area contributed by atoms with Gasteiger partial charge in [0.15, 0.2) is 0 Å². The van der Waals surface area contributed by atoms with E-state index in [1.165, 1.54) is 6.07 Å². The lowest BCUT2D eigenvalue weighted by atomic mass is 9.91. The number of aromatic hydroxyl groups is 1. The fraction of sp³-hybridized carbons (Fsp3) is 0.429. The van der Waals surface area contributed by atoms with Gasteiger partial charge in [0, 0.05) is 12.5 Å². The first-order chi connectivity index (χ1) is 10.2. The van der Waals surface area contributed by atoms with Crippen molar-refractivity contribution in [3.05, 3.63) is 28.3 Å². The summed E-state index contributed by atoms with van der Waals surface area (Å²) in [5.74, 6) is -2.56. The molecule has 0 aliphatic carbocycles. The van der Waals surface area contributed by atoms with Crippen LogP contribution in [0.25, 0.3) is 0 Å². The number of nitrogens with zero attached hydrogens (tertiary/aromatic N) is 1. The first-order valence-electron chi connectivity index (χ1n) is 6.72. The summed E-state index contributed by atoms with van der Waals surface area (Å²) in [6.45, 7) is 3.53. The van der Waals surface area contributed by atoms with Crippen LogP contribution in [0.1, 0.15) is 26.7 Å². The molecule has 22 heavy (non-hydrogen) atoms. The normalized spacial score (nSPS) is 12.0. The Hall–Kier alpha value is -2.64. The fourth-order valence-electron chi connectivity index (χ4n) is 1.98. The van der Waals surface area contributed by atoms with Crippen LogP contribution in [-0.2, 0) is 9.59 Å². The molecule has 1 atom stereocenters. The molecule has 0 bridgehead atoms. The maximum Gasteiger partial charge on any atom is 0.306 e. The van der Waals surface area contributed by atoms with E-state index in [9.17, 15) is 24.8 Å². The van der Waals surface area contributed by atoms with Crippen molar-refractivity contribution in [3.8, 4) is 5.75 Å². The average Bonchev–Trinajstić information content (AvgIpc) is 2.40. The van der Waals surface area contributed by atoms with Gasteiger partial charge in [-0.1, -0.05) is 13.8 Å². The molecule has 0 spiro atoms. The predicted molar refractivity (Wildman–Crippen MR) is 78.6 cm³/mol. The van der Waals surface area contributed by atoms with E-state index in [-0.39, 0.29) is 30.1 Å². The smallest absolute Gasteiger partial charge is 0.306 e. The van der Waals surface area contributed by atoms with E-state index in [0.29, 0.717) is 0 Å². The van der Waals surface area contributed by atoms with Crippen LogP contribution in [0.3, 0.4) is 0 Å². The Morgan fingerprint density at radius 1 is 1.36 bits per heavy atom. The van der Waals surface area contributed by atoms with Gasteiger partial charge in [0.1, 0.15) is 5.75 Å². The number of carbonyl (C=O) groups excluding carboxylic acids is 1. The average molecular weight is 310 g/mol. The number of carbonyl (C=O) groups is 2. The first kappa shape index (κ1) is 17.4. The van der Waals surface area contributed by atoms with E-state index < -0.39 is 28.5 Å². The van der Waals surface area contributed by atoms with Gasteiger partial charge in [-0.15, -0.1) is 0 Å². The summed E-state index contributed by atoms with van der Waals surface area (Å²) in [5.41, 5.74) is -0.242. The Labute approximate surface area is 126 Å². The predicted octanol–water partition coefficient (Wildman–Crippen LogP) is 2.38. The number of nitro groups is 1. The van der Waals surface area contributed by atoms with Crippen LogP contribution >= 0.6 is 0 Å². The van der Waals surface area contributed by atoms with Gasteiger partial charge >= 0.3 is 5.97 Å². The van der Waals surface area contributed by atoms with Crippen LogP contribution < -0.4 is 5.32 Å². The van der Waals surface area contributed by atoms with Gasteiger partial charge in [0.2, 0.25) is 5.91 Å². The number of anilines is 1. The van der Waals surface area contributed by atoms with Gasteiger partial charge in [0.05, 0.1) is 22.6 Å². The van der Waals surface area contributed by atoms with E-state index in [1.54, 1.807) is 13.8 Å². The number of phenolic OH excluding ortho intramolecular Hbond substituents is 1. The van der Waals surface area contributed by atoms with Crippen molar-refractivity contribution in [3.63, 3.8) is 0 Å². The summed E-state index contributed by atoms with van der Waals surface area (Å²) < 4.78 is 0. The third kappa shape index (κ3) is 4.72. The maximum absolute atomic E-state index is 11.8. The van der Waals surface area contributed by atoms with Crippen molar-refractivity contribution in [1.82, 2.24) is 0 Å². The van der Waals surface area contributed by atoms with E-state index in [1.807, 2.05) is 0 Å². The van der Waals surface area contributed by atoms with Crippen molar-refractivity contribution in [2.75, 3.05) is 5.32 Å². The van der Waals surface area contributed by atoms with Crippen LogP contribution in [0.4, 0.5) is 11.4 Å². The minimum Gasteiger partial charge on any atom is -0.506 e. The SMILES string of the molecule is CC(C)[C@H](CCC(=O)Nc1ccc([N+](=O)[O-])cc1O)C(=O)O. The summed E-state index contributed by atoms with van der Waals surface area (Å²) in [6.07, 6.45) is 0.151. The van der Waals surface area contributed by atoms with Crippen LogP contribution in [0.5, 0.6) is 5.75 Å². The monoisotopic (exact) mass is 310 g/mol. The number of benzene rings is 1. The minimum absolute atomic E-state index is 0.0222. The number of hydrogen-bond acceptors (Lipinski definition) is 5. The molecular formula is C14H18N2O6. The lowest BCUT2D eigenvalue weighted by Gasteiger charge is -2.15. The van der Waals surface area contributed by atoms with Gasteiger partial charge in [-0.05, 0) is 18.4 Å². The molecule has 1 aromatic carbocycles. The second kappa shape index (κ2) is 7.39. The number of aliphatic carboxylic acids is 1. The third-order valence-corrected chi connectivity index (χ3v) is 3.27. The van der Waals surface area contributed by atoms with Gasteiger partial charge < -0.3 is 15.5 Å². The minimum atomic E-state index is -0.957. The van der Waals surface area contributed by atoms with E-state index in [2.05, 4.69) is 5.32 Å². The van der Waals surface area contributed by atoms with Crippen molar-refractivity contribution in [1.29, 1.82) is 0 Å². The number of non-ortho nitro benzene ring substituents is 1. The standard InChI is InChI=1S/C14H18N2O6/c1-8(2)10(14(19)20)4-6-13(18)15-11-5-3-9(16(21)22)7-12(11)17/h3,5,7-8,10,17H,4,6H2,1-2H3,(H,15,18)(H,19,20)/t10-/m0/s1. The van der Waals surface area contributed by atoms with Crippen LogP contribution in [-0.4, -0.2) is 27.0 Å². The quantitative estimate of drug-likeness (QED) is 0.402. The van der Waals surface area contributed by atoms with Crippen molar-refractivity contribution < 1.29 is 24.7 Å². The highest BCUT2D eigenvalue weighted by atomic mass is 16.6. The van der Waals surface area contributed by atoms with Crippen molar-refractivity contribution >= 4 is 23.3 Å². The molecule has 8 nitrogen and oxygen atoms in total. The number of carboxylic acid groups (broad SMARTS) is 1. The molecule has 1 aromatic rings. The Morgan fingerprint density at radius 3 is 2.45 bits per heavy atom. The highest BCUT2D eigenvalue weighted by Crippen LogP contribution is 2.28. The first-order valence-corrected chi connectivity index (χ1v) is 6.72. The molecule has 120 valence electrons. The summed E-state index contributed by atoms with van der Waals surface area (Å²) in [4.78, 5) is 32.7. The lowest BCUT2D eigenvalue weighted by Crippen LogP contribution is -2.22. The Balaban J connectivity index is 2.66. The molecule has 0 aliphatic rings. The van der Waals surface area contributed by atoms with Gasteiger partial charge in [0.25, 0.3) is 5.69 Å². The second-order valence-corrected chi connectivity index (χ2v) is 5.23. The number of phenols is 1. The third-order valence-electron chi connectivity index (χ3n) is 3.27. The molecule has 0 aromatic heterocycles. The van der Waals surface area contributed by atoms with Gasteiger partial charge in [-0.25, -0.2) is 0 Å². The zero-order valence-corrected chi connectivity index (χ0v) is 12.3. The van der Waals surface area contributed by atoms with Crippen LogP contribution in [0, 0.1) is 22.0 Å². The molecule has 1 amide bonds. The molecule has 0 saturated carbocycles. The molecule has 0 unspecified atom stereocenters. The zero-order valence-electron chi connectivity index (χ0n) is 12.3. The number of hydrogen-bond donors (Lipinski definition) is 3. The van der Waals surface area contributed by atoms with Crippen molar-refractivity contribution in [2.24, 2.45) is 11.8 Å². The van der Waals surface area contributed by atoms with E-state index in [0.717, 1.165) is 12.1 Å². The Kier molecular flexibility index (Phi) is 5.85. The number of nitrogens with one attached hydrogen (secondary N) is 1. The molecule has 3 N–H and O–H groups in total. The van der Waals surface area contributed by atoms with Gasteiger partial charge in [-0.2, -0.15) is 0 Å². The van der Waals surface area contributed by atoms with Crippen molar-refractivity contribution in [2.45, 2.75) is 26.7 Å². The maximum atomic E-state index is 11.8. The largest absolute Gasteiger partial charge is 0.506 e. The fourth-order valence-corrected chi connectivity index (χ4v) is 1.98. The molecular weight excluding hydrogens is 292 g/mol. The second-order valence-electron chi connectivity index (χ2n) is 5.23. The molecule has 0 radical (unpaired) electrons. The number of rotatable bonds is 7. The zero-order chi connectivity index (χ0) is 16.9. The Morgan fingerprint density at radius 2 is 2.00 bits per heavy atom. The summed E-state index contributed by atoms with van der Waals surface area (Å²) in [7, 11) is 0. The van der Waals surface area contributed by atoms with Crippen LogP contribution in [0.15, 0.2) is 18.2 Å². The topological polar surface area (TPSA) is 130 Å². The molecule has 1 rings (SSSR count). The van der Waals surface area contributed by atoms with Crippen LogP contribution in [0.2, 0.25) is 0 Å².